The molecule has 0 saturated carbocycles. The summed E-state index contributed by atoms with van der Waals surface area (Å²) < 4.78 is 0. The first-order valence-corrected chi connectivity index (χ1v) is 5.54. The molecule has 18 heavy (non-hydrogen) atoms. The van der Waals surface area contributed by atoms with E-state index in [0.29, 0.717) is 5.69 Å². The minimum absolute atomic E-state index is 0.148. The van der Waals surface area contributed by atoms with E-state index in [1.165, 1.54) is 0 Å². The molecule has 4 N–H and O–H groups in total. The van der Waals surface area contributed by atoms with Crippen LogP contribution < -0.4 is 16.6 Å². The highest BCUT2D eigenvalue weighted by molar-refractivity contribution is 5.81. The number of aromatic nitrogens is 1. The molecule has 1 amide bonds. The van der Waals surface area contributed by atoms with Crippen molar-refractivity contribution in [3.63, 3.8) is 0 Å². The summed E-state index contributed by atoms with van der Waals surface area (Å²) in [7, 11) is 0. The Bertz CT molecular complexity index is 528. The summed E-state index contributed by atoms with van der Waals surface area (Å²) in [6.07, 6.45) is 3.53. The predicted octanol–water partition coefficient (Wildman–Crippen LogP) is 1.35. The summed E-state index contributed by atoms with van der Waals surface area (Å²) in [4.78, 5) is 15.6. The molecule has 0 unspecified atom stereocenters. The highest BCUT2D eigenvalue weighted by Gasteiger charge is 2.05. The minimum atomic E-state index is -0.148. The monoisotopic (exact) mass is 242 g/mol. The van der Waals surface area contributed by atoms with Crippen molar-refractivity contribution in [2.75, 3.05) is 11.2 Å². The van der Waals surface area contributed by atoms with Crippen LogP contribution >= 0.6 is 0 Å². The molecule has 0 saturated heterocycles. The fourth-order valence-corrected chi connectivity index (χ4v) is 1.49. The number of carbonyl (C=O) groups is 1. The number of hydrazine groups is 1. The zero-order valence-electron chi connectivity index (χ0n) is 9.76. The third kappa shape index (κ3) is 3.21. The molecule has 0 radical (unpaired) electrons. The molecule has 1 aromatic heterocycles. The maximum absolute atomic E-state index is 11.7. The first kappa shape index (κ1) is 11.9. The lowest BCUT2D eigenvalue weighted by atomic mass is 10.1. The highest BCUT2D eigenvalue weighted by Crippen LogP contribution is 2.10. The van der Waals surface area contributed by atoms with Crippen molar-refractivity contribution in [1.82, 2.24) is 10.4 Å². The Labute approximate surface area is 105 Å². The standard InChI is InChI=1S/C13H14N4O/c14-12-4-2-1-3-10(12)9-13(18)17-16-11-5-7-15-8-6-11/h1-8H,9,14H2,(H,15,16)(H,17,18). The van der Waals surface area contributed by atoms with Gasteiger partial charge in [-0.2, -0.15) is 0 Å². The van der Waals surface area contributed by atoms with E-state index in [-0.39, 0.29) is 12.3 Å². The third-order valence-electron chi connectivity index (χ3n) is 2.43. The first-order chi connectivity index (χ1) is 8.75. The van der Waals surface area contributed by atoms with Crippen LogP contribution in [0.15, 0.2) is 48.8 Å². The topological polar surface area (TPSA) is 80.0 Å². The quantitative estimate of drug-likeness (QED) is 0.558. The molecular formula is C13H14N4O. The second-order valence-electron chi connectivity index (χ2n) is 3.78. The third-order valence-corrected chi connectivity index (χ3v) is 2.43. The summed E-state index contributed by atoms with van der Waals surface area (Å²) in [5, 5.41) is 0. The number of benzene rings is 1. The van der Waals surface area contributed by atoms with Gasteiger partial charge in [-0.15, -0.1) is 0 Å². The molecule has 0 aliphatic rings. The number of hydrogen-bond donors (Lipinski definition) is 3. The van der Waals surface area contributed by atoms with Crippen molar-refractivity contribution >= 4 is 17.3 Å². The maximum Gasteiger partial charge on any atom is 0.242 e. The summed E-state index contributed by atoms with van der Waals surface area (Å²) >= 11 is 0. The van der Waals surface area contributed by atoms with E-state index in [4.69, 9.17) is 5.73 Å². The number of pyridine rings is 1. The van der Waals surface area contributed by atoms with Crippen LogP contribution in [0, 0.1) is 0 Å². The van der Waals surface area contributed by atoms with Crippen LogP contribution in [0.2, 0.25) is 0 Å². The summed E-state index contributed by atoms with van der Waals surface area (Å²) in [6.45, 7) is 0. The molecule has 0 spiro atoms. The van der Waals surface area contributed by atoms with E-state index in [1.54, 1.807) is 30.6 Å². The predicted molar refractivity (Wildman–Crippen MR) is 70.6 cm³/mol. The average Bonchev–Trinajstić information content (AvgIpc) is 2.40. The van der Waals surface area contributed by atoms with Crippen molar-refractivity contribution in [3.05, 3.63) is 54.4 Å². The zero-order valence-corrected chi connectivity index (χ0v) is 9.76. The van der Waals surface area contributed by atoms with Gasteiger partial charge in [0.05, 0.1) is 12.1 Å². The number of nitrogens with zero attached hydrogens (tertiary/aromatic N) is 1. The molecule has 0 bridgehead atoms. The van der Waals surface area contributed by atoms with Crippen molar-refractivity contribution in [2.45, 2.75) is 6.42 Å². The van der Waals surface area contributed by atoms with E-state index in [9.17, 15) is 4.79 Å². The zero-order chi connectivity index (χ0) is 12.8. The Kier molecular flexibility index (Phi) is 3.76. The lowest BCUT2D eigenvalue weighted by Crippen LogP contribution is -2.30. The van der Waals surface area contributed by atoms with Crippen molar-refractivity contribution < 1.29 is 4.79 Å². The molecule has 5 nitrogen and oxygen atoms in total. The number of rotatable bonds is 4. The van der Waals surface area contributed by atoms with Crippen LogP contribution in [0.4, 0.5) is 11.4 Å². The fourth-order valence-electron chi connectivity index (χ4n) is 1.49. The number of nitrogen functional groups attached to an aromatic ring is 1. The number of anilines is 2. The Morgan fingerprint density at radius 2 is 1.89 bits per heavy atom. The summed E-state index contributed by atoms with van der Waals surface area (Å²) in [5.41, 5.74) is 13.4. The molecule has 0 aliphatic heterocycles. The van der Waals surface area contributed by atoms with Gasteiger partial charge in [-0.3, -0.25) is 20.6 Å². The van der Waals surface area contributed by atoms with Crippen LogP contribution in [0.25, 0.3) is 0 Å². The lowest BCUT2D eigenvalue weighted by Gasteiger charge is -2.09. The molecule has 92 valence electrons. The van der Waals surface area contributed by atoms with Crippen LogP contribution in [-0.4, -0.2) is 10.9 Å². The molecule has 0 fully saturated rings. The molecule has 5 heteroatoms. The van der Waals surface area contributed by atoms with E-state index in [0.717, 1.165) is 11.3 Å². The Hall–Kier alpha value is -2.56. The molecular weight excluding hydrogens is 228 g/mol. The fraction of sp³-hybridized carbons (Fsp3) is 0.0769. The minimum Gasteiger partial charge on any atom is -0.398 e. The summed E-state index contributed by atoms with van der Waals surface area (Å²) in [5.74, 6) is -0.148. The average molecular weight is 242 g/mol. The van der Waals surface area contributed by atoms with Crippen molar-refractivity contribution in [2.24, 2.45) is 0 Å². The van der Waals surface area contributed by atoms with Gasteiger partial charge in [0.2, 0.25) is 5.91 Å². The number of para-hydroxylation sites is 1. The maximum atomic E-state index is 11.7. The first-order valence-electron chi connectivity index (χ1n) is 5.54. The molecule has 1 aromatic carbocycles. The van der Waals surface area contributed by atoms with Crippen LogP contribution in [0.5, 0.6) is 0 Å². The molecule has 2 rings (SSSR count). The number of carbonyl (C=O) groups excluding carboxylic acids is 1. The number of hydrogen-bond acceptors (Lipinski definition) is 4. The van der Waals surface area contributed by atoms with Crippen molar-refractivity contribution in [3.8, 4) is 0 Å². The number of amides is 1. The van der Waals surface area contributed by atoms with Gasteiger partial charge >= 0.3 is 0 Å². The van der Waals surface area contributed by atoms with Gasteiger partial charge < -0.3 is 5.73 Å². The van der Waals surface area contributed by atoms with Gasteiger partial charge in [-0.1, -0.05) is 18.2 Å². The van der Waals surface area contributed by atoms with Crippen LogP contribution in [0.3, 0.4) is 0 Å². The van der Waals surface area contributed by atoms with Gasteiger partial charge in [0.15, 0.2) is 0 Å². The van der Waals surface area contributed by atoms with E-state index < -0.39 is 0 Å². The Morgan fingerprint density at radius 1 is 1.17 bits per heavy atom. The summed E-state index contributed by atoms with van der Waals surface area (Å²) in [6, 6.07) is 10.8. The van der Waals surface area contributed by atoms with Gasteiger partial charge in [-0.25, -0.2) is 0 Å². The van der Waals surface area contributed by atoms with Gasteiger partial charge in [-0.05, 0) is 23.8 Å². The number of nitrogens with two attached hydrogens (primary N) is 1. The Balaban J connectivity index is 1.88. The van der Waals surface area contributed by atoms with Gasteiger partial charge in [0, 0.05) is 18.1 Å². The largest absolute Gasteiger partial charge is 0.398 e. The normalized spacial score (nSPS) is 9.78. The van der Waals surface area contributed by atoms with Gasteiger partial charge in [0.1, 0.15) is 0 Å². The van der Waals surface area contributed by atoms with Crippen LogP contribution in [-0.2, 0) is 11.2 Å². The number of nitrogens with one attached hydrogen (secondary N) is 2. The molecule has 0 aliphatic carbocycles. The van der Waals surface area contributed by atoms with E-state index in [1.807, 2.05) is 18.2 Å². The van der Waals surface area contributed by atoms with E-state index >= 15 is 0 Å². The smallest absolute Gasteiger partial charge is 0.242 e. The van der Waals surface area contributed by atoms with Gasteiger partial charge in [0.25, 0.3) is 0 Å². The lowest BCUT2D eigenvalue weighted by molar-refractivity contribution is -0.119. The highest BCUT2D eigenvalue weighted by atomic mass is 16.2. The SMILES string of the molecule is Nc1ccccc1CC(=O)NNc1ccncc1. The van der Waals surface area contributed by atoms with Crippen molar-refractivity contribution in [1.29, 1.82) is 0 Å². The molecule has 2 aromatic rings. The molecule has 0 atom stereocenters. The Morgan fingerprint density at radius 3 is 2.61 bits per heavy atom. The van der Waals surface area contributed by atoms with Crippen LogP contribution in [0.1, 0.15) is 5.56 Å². The van der Waals surface area contributed by atoms with E-state index in [2.05, 4.69) is 15.8 Å². The second-order valence-corrected chi connectivity index (χ2v) is 3.78. The molecule has 1 heterocycles. The second kappa shape index (κ2) is 5.67.